The lowest BCUT2D eigenvalue weighted by Gasteiger charge is -1.71. The second-order valence-electron chi connectivity index (χ2n) is 2.91. The van der Waals surface area contributed by atoms with Crippen LogP contribution in [0.25, 0.3) is 0 Å². The van der Waals surface area contributed by atoms with E-state index in [0.29, 0.717) is 0 Å². The topological polar surface area (TPSA) is 136 Å². The van der Waals surface area contributed by atoms with Crippen molar-refractivity contribution >= 4 is 19.9 Å². The molecule has 118 valence electrons. The average molecular weight is 280 g/mol. The van der Waals surface area contributed by atoms with Crippen molar-refractivity contribution in [1.82, 2.24) is 6.15 Å². The van der Waals surface area contributed by atoms with E-state index in [0.717, 1.165) is 0 Å². The van der Waals surface area contributed by atoms with Gasteiger partial charge in [-0.2, -0.15) is 0 Å². The summed E-state index contributed by atoms with van der Waals surface area (Å²) in [5.41, 5.74) is 4.00. The van der Waals surface area contributed by atoms with E-state index in [9.17, 15) is 9.59 Å². The van der Waals surface area contributed by atoms with E-state index in [2.05, 4.69) is 41.3 Å². The summed E-state index contributed by atoms with van der Waals surface area (Å²) in [6.07, 6.45) is 2.94. The largest absolute Gasteiger partial charge is 0.481 e. The van der Waals surface area contributed by atoms with E-state index < -0.39 is 11.9 Å². The monoisotopic (exact) mass is 280 g/mol. The van der Waals surface area contributed by atoms with Gasteiger partial charge in [-0.15, -0.1) is 0 Å². The molecule has 0 unspecified atom stereocenters. The van der Waals surface area contributed by atoms with Crippen molar-refractivity contribution in [3.05, 3.63) is 0 Å². The van der Waals surface area contributed by atoms with Crippen LogP contribution in [0.3, 0.4) is 0 Å². The van der Waals surface area contributed by atoms with Crippen molar-refractivity contribution in [1.29, 1.82) is 0 Å². The molecule has 0 aliphatic heterocycles. The predicted octanol–water partition coefficient (Wildman–Crippen LogP) is 2.99. The van der Waals surface area contributed by atoms with E-state index in [4.69, 9.17) is 10.2 Å². The number of rotatable bonds is 2. The lowest BCUT2D eigenvalue weighted by atomic mass is 10.5. The molecule has 0 saturated heterocycles. The van der Waals surface area contributed by atoms with Gasteiger partial charge < -0.3 is 22.0 Å². The molecule has 0 aliphatic rings. The van der Waals surface area contributed by atoms with Crippen molar-refractivity contribution in [3.63, 3.8) is 0 Å². The van der Waals surface area contributed by atoms with Crippen LogP contribution in [-0.2, 0) is 9.59 Å². The summed E-state index contributed by atoms with van der Waals surface area (Å²) in [6, 6.07) is 0. The van der Waals surface area contributed by atoms with E-state index in [1.165, 1.54) is 12.8 Å². The van der Waals surface area contributed by atoms with Crippen LogP contribution in [0.1, 0.15) is 67.2 Å². The van der Waals surface area contributed by atoms with Gasteiger partial charge in [0.25, 0.3) is 0 Å². The molecular formula is C12H33BN2O4. The van der Waals surface area contributed by atoms with Crippen LogP contribution in [-0.4, -0.2) is 30.1 Å². The minimum absolute atomic E-state index is 0. The van der Waals surface area contributed by atoms with Crippen LogP contribution in [0.15, 0.2) is 0 Å². The molecule has 0 atom stereocenters. The maximum Gasteiger partial charge on any atom is 0.303 e. The average Bonchev–Trinajstić information content (AvgIpc) is 2.34. The first kappa shape index (κ1) is 36.1. The molecule has 0 aromatic carbocycles. The van der Waals surface area contributed by atoms with Crippen LogP contribution < -0.4 is 11.8 Å². The maximum atomic E-state index is 9.37. The normalized spacial score (nSPS) is 6.05. The molecule has 0 fully saturated rings. The van der Waals surface area contributed by atoms with Gasteiger partial charge >= 0.3 is 11.9 Å². The fourth-order valence-electron chi connectivity index (χ4n) is 0. The minimum atomic E-state index is -0.745. The van der Waals surface area contributed by atoms with Crippen LogP contribution in [0.4, 0.5) is 0 Å². The number of aliphatic carboxylic acids is 2. The Morgan fingerprint density at radius 3 is 0.842 bits per heavy atom. The number of carbonyl (C=O) groups is 2. The summed E-state index contributed by atoms with van der Waals surface area (Å²) in [4.78, 5) is 18.7. The Bertz CT molecular complexity index is 132. The number of hydrogen-bond donors (Lipinski definition) is 4. The number of nitrogens with two attached hydrogens (primary N) is 1. The Morgan fingerprint density at radius 2 is 0.842 bits per heavy atom. The van der Waals surface area contributed by atoms with Crippen LogP contribution in [0.2, 0.25) is 0 Å². The molecule has 0 heterocycles. The molecular weight excluding hydrogens is 247 g/mol. The molecule has 0 saturated carbocycles. The van der Waals surface area contributed by atoms with Gasteiger partial charge in [0.2, 0.25) is 0 Å². The van der Waals surface area contributed by atoms with E-state index in [1.807, 2.05) is 0 Å². The Kier molecular flexibility index (Phi) is 102. The second kappa shape index (κ2) is 53.9. The molecule has 19 heavy (non-hydrogen) atoms. The third-order valence-corrected chi connectivity index (χ3v) is 0.605. The zero-order valence-electron chi connectivity index (χ0n) is 13.4. The Labute approximate surface area is 119 Å². The molecule has 7 heteroatoms. The first-order valence-electron chi connectivity index (χ1n) is 6.14. The Balaban J connectivity index is -0.0000000286. The number of carboxylic acid groups (broad SMARTS) is 2. The van der Waals surface area contributed by atoms with Crippen molar-refractivity contribution < 1.29 is 19.8 Å². The van der Waals surface area contributed by atoms with E-state index >= 15 is 0 Å². The van der Waals surface area contributed by atoms with E-state index in [1.54, 1.807) is 13.8 Å². The summed E-state index contributed by atoms with van der Waals surface area (Å²) in [7, 11) is 4.00. The standard InChI is InChI=1S/2C3H6O2.2C3H8.BH2N.H3N/c2*1-2-3(4)5;2*1-3-2;1-2;/h2*2H2,1H3,(H,4,5);2*3H2,1-2H3;2H2;1H3. The molecule has 6 nitrogen and oxygen atoms in total. The molecule has 0 bridgehead atoms. The number of hydrogen-bond acceptors (Lipinski definition) is 4. The highest BCUT2D eigenvalue weighted by Gasteiger charge is 1.81. The van der Waals surface area contributed by atoms with Crippen molar-refractivity contribution in [2.75, 3.05) is 0 Å². The van der Waals surface area contributed by atoms with Crippen molar-refractivity contribution in [3.8, 4) is 0 Å². The second-order valence-corrected chi connectivity index (χ2v) is 2.91. The first-order valence-corrected chi connectivity index (χ1v) is 6.14. The van der Waals surface area contributed by atoms with Gasteiger partial charge in [0.15, 0.2) is 7.98 Å². The fourth-order valence-corrected chi connectivity index (χ4v) is 0. The smallest absolute Gasteiger partial charge is 0.303 e. The molecule has 0 aliphatic carbocycles. The van der Waals surface area contributed by atoms with Gasteiger partial charge in [-0.1, -0.05) is 54.4 Å². The Morgan fingerprint density at radius 1 is 0.789 bits per heavy atom. The third kappa shape index (κ3) is 441. The summed E-state index contributed by atoms with van der Waals surface area (Å²) in [6.45, 7) is 11.7. The highest BCUT2D eigenvalue weighted by Crippen LogP contribution is 1.67. The summed E-state index contributed by atoms with van der Waals surface area (Å²) >= 11 is 0. The molecule has 2 radical (unpaired) electrons. The van der Waals surface area contributed by atoms with Gasteiger partial charge in [-0.05, 0) is 0 Å². The molecule has 0 aromatic heterocycles. The quantitative estimate of drug-likeness (QED) is 0.574. The van der Waals surface area contributed by atoms with Gasteiger partial charge in [-0.25, -0.2) is 0 Å². The highest BCUT2D eigenvalue weighted by atomic mass is 16.4. The molecule has 0 aromatic rings. The lowest BCUT2D eigenvalue weighted by Crippen LogP contribution is -1.86. The van der Waals surface area contributed by atoms with Gasteiger partial charge in [0.1, 0.15) is 0 Å². The SMILES string of the molecule is CCC.CCC.CCC(=O)O.CCC(=O)O.N.[B]N. The van der Waals surface area contributed by atoms with Crippen LogP contribution in [0.5, 0.6) is 0 Å². The first-order chi connectivity index (χ1) is 8.37. The van der Waals surface area contributed by atoms with Crippen molar-refractivity contribution in [2.45, 2.75) is 67.2 Å². The lowest BCUT2D eigenvalue weighted by molar-refractivity contribution is -0.137. The highest BCUT2D eigenvalue weighted by molar-refractivity contribution is 6.02. The zero-order valence-corrected chi connectivity index (χ0v) is 13.4. The van der Waals surface area contributed by atoms with Gasteiger partial charge in [0.05, 0.1) is 0 Å². The summed E-state index contributed by atoms with van der Waals surface area (Å²) in [5.74, 6) is -1.49. The zero-order chi connectivity index (χ0) is 16.0. The fraction of sp³-hybridized carbons (Fsp3) is 0.833. The molecule has 0 rings (SSSR count). The molecule has 0 amide bonds. The molecule has 7 N–H and O–H groups in total. The van der Waals surface area contributed by atoms with Gasteiger partial charge in [0, 0.05) is 12.8 Å². The van der Waals surface area contributed by atoms with E-state index in [-0.39, 0.29) is 19.0 Å². The molecule has 0 spiro atoms. The summed E-state index contributed by atoms with van der Waals surface area (Å²) < 4.78 is 0. The van der Waals surface area contributed by atoms with Crippen LogP contribution in [0, 0.1) is 0 Å². The number of carboxylic acids is 2. The Hall–Kier alpha value is -1.08. The third-order valence-electron chi connectivity index (χ3n) is 0.605. The van der Waals surface area contributed by atoms with Crippen molar-refractivity contribution in [2.24, 2.45) is 5.64 Å². The predicted molar refractivity (Wildman–Crippen MR) is 82.7 cm³/mol. The summed E-state index contributed by atoms with van der Waals surface area (Å²) in [5, 5.41) is 15.4. The van der Waals surface area contributed by atoms with Gasteiger partial charge in [-0.3, -0.25) is 9.59 Å². The van der Waals surface area contributed by atoms with Crippen LogP contribution >= 0.6 is 0 Å². The minimum Gasteiger partial charge on any atom is -0.481 e. The maximum absolute atomic E-state index is 9.37.